The molecule has 8 heteroatoms. The summed E-state index contributed by atoms with van der Waals surface area (Å²) in [4.78, 5) is 9.97. The molecule has 0 aliphatic heterocycles. The topological polar surface area (TPSA) is 81.6 Å². The summed E-state index contributed by atoms with van der Waals surface area (Å²) in [6.45, 7) is 2.54. The highest BCUT2D eigenvalue weighted by molar-refractivity contribution is 9.10. The standard InChI is InChI=1S/C14H15BrN6S/c1-8-18-13(11-12(15)20-21(2)14(11)19-8)17-7-9-3-5-10(22-16)6-4-9/h3-6H,7,16H2,1-2H3,(H,17,18,19). The highest BCUT2D eigenvalue weighted by atomic mass is 79.9. The molecular weight excluding hydrogens is 364 g/mol. The molecule has 0 radical (unpaired) electrons. The van der Waals surface area contributed by atoms with E-state index in [2.05, 4.69) is 36.3 Å². The Balaban J connectivity index is 1.89. The zero-order valence-corrected chi connectivity index (χ0v) is 14.6. The van der Waals surface area contributed by atoms with Gasteiger partial charge >= 0.3 is 0 Å². The molecule has 2 heterocycles. The predicted molar refractivity (Wildman–Crippen MR) is 92.6 cm³/mol. The Morgan fingerprint density at radius 3 is 2.68 bits per heavy atom. The van der Waals surface area contributed by atoms with E-state index < -0.39 is 0 Å². The van der Waals surface area contributed by atoms with Gasteiger partial charge in [0.2, 0.25) is 0 Å². The van der Waals surface area contributed by atoms with Crippen molar-refractivity contribution in [2.75, 3.05) is 5.32 Å². The van der Waals surface area contributed by atoms with Crippen molar-refractivity contribution >= 4 is 44.7 Å². The van der Waals surface area contributed by atoms with Crippen molar-refractivity contribution < 1.29 is 0 Å². The molecule has 0 amide bonds. The van der Waals surface area contributed by atoms with Crippen molar-refractivity contribution in [1.29, 1.82) is 0 Å². The lowest BCUT2D eigenvalue weighted by molar-refractivity contribution is 0.775. The highest BCUT2D eigenvalue weighted by Crippen LogP contribution is 2.28. The van der Waals surface area contributed by atoms with Crippen LogP contribution in [0.1, 0.15) is 11.4 Å². The van der Waals surface area contributed by atoms with Crippen molar-refractivity contribution in [3.63, 3.8) is 0 Å². The lowest BCUT2D eigenvalue weighted by Crippen LogP contribution is -2.04. The van der Waals surface area contributed by atoms with Crippen LogP contribution < -0.4 is 10.5 Å². The monoisotopic (exact) mass is 378 g/mol. The second-order valence-corrected chi connectivity index (χ2v) is 6.31. The number of nitrogens with two attached hydrogens (primary N) is 1. The molecular formula is C14H15BrN6S. The zero-order chi connectivity index (χ0) is 15.7. The molecule has 1 aromatic carbocycles. The Morgan fingerprint density at radius 1 is 1.27 bits per heavy atom. The van der Waals surface area contributed by atoms with Crippen LogP contribution in [0, 0.1) is 6.92 Å². The number of anilines is 1. The Hall–Kier alpha value is -1.64. The summed E-state index contributed by atoms with van der Waals surface area (Å²) in [7, 11) is 1.87. The van der Waals surface area contributed by atoms with Crippen molar-refractivity contribution in [2.45, 2.75) is 18.4 Å². The number of nitrogens with one attached hydrogen (secondary N) is 1. The summed E-state index contributed by atoms with van der Waals surface area (Å²) in [6.07, 6.45) is 0. The van der Waals surface area contributed by atoms with Crippen LogP contribution in [0.25, 0.3) is 11.0 Å². The molecule has 0 atom stereocenters. The number of hydrogen-bond acceptors (Lipinski definition) is 6. The quantitative estimate of drug-likeness (QED) is 0.679. The van der Waals surface area contributed by atoms with E-state index in [1.54, 1.807) is 4.68 Å². The van der Waals surface area contributed by atoms with Gasteiger partial charge in [0.05, 0.1) is 5.39 Å². The van der Waals surface area contributed by atoms with Crippen molar-refractivity contribution in [1.82, 2.24) is 19.7 Å². The lowest BCUT2D eigenvalue weighted by Gasteiger charge is -2.08. The largest absolute Gasteiger partial charge is 0.365 e. The molecule has 6 nitrogen and oxygen atoms in total. The van der Waals surface area contributed by atoms with Gasteiger partial charge in [-0.2, -0.15) is 5.10 Å². The van der Waals surface area contributed by atoms with Crippen LogP contribution in [0.3, 0.4) is 0 Å². The van der Waals surface area contributed by atoms with Gasteiger partial charge in [0.1, 0.15) is 16.2 Å². The summed E-state index contributed by atoms with van der Waals surface area (Å²) >= 11 is 4.71. The minimum Gasteiger partial charge on any atom is -0.365 e. The molecule has 3 aromatic rings. The third-order valence-corrected chi connectivity index (χ3v) is 4.37. The van der Waals surface area contributed by atoms with Gasteiger partial charge < -0.3 is 5.32 Å². The Morgan fingerprint density at radius 2 is 2.00 bits per heavy atom. The number of hydrogen-bond donors (Lipinski definition) is 2. The van der Waals surface area contributed by atoms with Crippen LogP contribution in [0.2, 0.25) is 0 Å². The first kappa shape index (κ1) is 15.3. The van der Waals surface area contributed by atoms with Gasteiger partial charge in [0, 0.05) is 18.5 Å². The van der Waals surface area contributed by atoms with E-state index in [4.69, 9.17) is 5.14 Å². The minimum absolute atomic E-state index is 0.669. The summed E-state index contributed by atoms with van der Waals surface area (Å²) in [6, 6.07) is 8.10. The average molecular weight is 379 g/mol. The maximum atomic E-state index is 5.53. The van der Waals surface area contributed by atoms with Gasteiger partial charge in [-0.05, 0) is 52.5 Å². The minimum atomic E-state index is 0.669. The highest BCUT2D eigenvalue weighted by Gasteiger charge is 2.14. The maximum absolute atomic E-state index is 5.53. The summed E-state index contributed by atoms with van der Waals surface area (Å²) in [5.74, 6) is 1.49. The molecule has 22 heavy (non-hydrogen) atoms. The average Bonchev–Trinajstić information content (AvgIpc) is 2.80. The molecule has 0 saturated heterocycles. The molecule has 0 bridgehead atoms. The first-order chi connectivity index (χ1) is 10.6. The van der Waals surface area contributed by atoms with Crippen molar-refractivity contribution in [3.05, 3.63) is 40.3 Å². The summed E-state index contributed by atoms with van der Waals surface area (Å²) < 4.78 is 2.48. The maximum Gasteiger partial charge on any atom is 0.164 e. The van der Waals surface area contributed by atoms with E-state index in [1.807, 2.05) is 38.2 Å². The van der Waals surface area contributed by atoms with Gasteiger partial charge in [-0.3, -0.25) is 5.14 Å². The second kappa shape index (κ2) is 6.23. The molecule has 0 aliphatic carbocycles. The number of benzene rings is 1. The van der Waals surface area contributed by atoms with Crippen molar-refractivity contribution in [3.8, 4) is 0 Å². The molecule has 3 N–H and O–H groups in total. The molecule has 0 saturated carbocycles. The lowest BCUT2D eigenvalue weighted by atomic mass is 10.2. The van der Waals surface area contributed by atoms with Crippen LogP contribution in [-0.2, 0) is 13.6 Å². The third-order valence-electron chi connectivity index (χ3n) is 3.27. The normalized spacial score (nSPS) is 11.1. The van der Waals surface area contributed by atoms with Gasteiger partial charge in [-0.15, -0.1) is 0 Å². The van der Waals surface area contributed by atoms with Crippen LogP contribution in [0.15, 0.2) is 33.8 Å². The Bertz CT molecular complexity index is 814. The van der Waals surface area contributed by atoms with Crippen LogP contribution in [0.4, 0.5) is 5.82 Å². The van der Waals surface area contributed by atoms with Crippen LogP contribution in [-0.4, -0.2) is 19.7 Å². The van der Waals surface area contributed by atoms with Gasteiger partial charge in [-0.1, -0.05) is 12.1 Å². The molecule has 114 valence electrons. The van der Waals surface area contributed by atoms with Crippen LogP contribution in [0.5, 0.6) is 0 Å². The third kappa shape index (κ3) is 2.94. The number of aromatic nitrogens is 4. The smallest absolute Gasteiger partial charge is 0.164 e. The van der Waals surface area contributed by atoms with E-state index in [1.165, 1.54) is 11.9 Å². The van der Waals surface area contributed by atoms with E-state index in [0.717, 1.165) is 31.9 Å². The van der Waals surface area contributed by atoms with E-state index in [-0.39, 0.29) is 0 Å². The Kier molecular flexibility index (Phi) is 4.32. The fourth-order valence-electron chi connectivity index (χ4n) is 2.21. The number of fused-ring (bicyclic) bond motifs is 1. The van der Waals surface area contributed by atoms with E-state index in [9.17, 15) is 0 Å². The predicted octanol–water partition coefficient (Wildman–Crippen LogP) is 3.01. The summed E-state index contributed by atoms with van der Waals surface area (Å²) in [5, 5.41) is 14.1. The number of aryl methyl sites for hydroxylation is 2. The molecule has 2 aromatic heterocycles. The summed E-state index contributed by atoms with van der Waals surface area (Å²) in [5.41, 5.74) is 1.96. The number of rotatable bonds is 4. The fraction of sp³-hybridized carbons (Fsp3) is 0.214. The van der Waals surface area contributed by atoms with Crippen LogP contribution >= 0.6 is 27.9 Å². The first-order valence-electron chi connectivity index (χ1n) is 6.65. The molecule has 0 aliphatic rings. The first-order valence-corrected chi connectivity index (χ1v) is 8.32. The van der Waals surface area contributed by atoms with Gasteiger partial charge in [0.15, 0.2) is 5.65 Å². The number of halogens is 1. The molecule has 0 fully saturated rings. The zero-order valence-electron chi connectivity index (χ0n) is 12.2. The van der Waals surface area contributed by atoms with Crippen molar-refractivity contribution in [2.24, 2.45) is 12.2 Å². The molecule has 3 rings (SSSR count). The van der Waals surface area contributed by atoms with E-state index in [0.29, 0.717) is 12.4 Å². The molecule has 0 spiro atoms. The fourth-order valence-corrected chi connectivity index (χ4v) is 3.11. The van der Waals surface area contributed by atoms with Gasteiger partial charge in [0.25, 0.3) is 0 Å². The van der Waals surface area contributed by atoms with E-state index >= 15 is 0 Å². The Labute approximate surface area is 140 Å². The van der Waals surface area contributed by atoms with Gasteiger partial charge in [-0.25, -0.2) is 14.6 Å². The number of nitrogens with zero attached hydrogens (tertiary/aromatic N) is 4. The SMILES string of the molecule is Cc1nc(NCc2ccc(SN)cc2)c2c(Br)nn(C)c2n1. The molecule has 0 unspecified atom stereocenters. The second-order valence-electron chi connectivity index (χ2n) is 4.85.